The molecule has 0 aliphatic carbocycles. The van der Waals surface area contributed by atoms with Gasteiger partial charge in [-0.2, -0.15) is 0 Å². The Morgan fingerprint density at radius 2 is 2.00 bits per heavy atom. The van der Waals surface area contributed by atoms with Gasteiger partial charge in [0, 0.05) is 17.0 Å². The molecule has 0 spiro atoms. The minimum Gasteiger partial charge on any atom is -0.444 e. The van der Waals surface area contributed by atoms with Crippen molar-refractivity contribution in [3.8, 4) is 0 Å². The molecule has 0 aromatic carbocycles. The van der Waals surface area contributed by atoms with E-state index >= 15 is 0 Å². The van der Waals surface area contributed by atoms with Crippen molar-refractivity contribution >= 4 is 28.7 Å². The summed E-state index contributed by atoms with van der Waals surface area (Å²) < 4.78 is 6.06. The number of hydrogen-bond acceptors (Lipinski definition) is 2. The summed E-state index contributed by atoms with van der Waals surface area (Å²) in [6, 6.07) is 0. The Balaban J connectivity index is 2.45. The van der Waals surface area contributed by atoms with Crippen LogP contribution in [-0.2, 0) is 4.74 Å². The van der Waals surface area contributed by atoms with Crippen molar-refractivity contribution in [2.45, 2.75) is 49.6 Å². The Bertz CT molecular complexity index is 225. The third-order valence-electron chi connectivity index (χ3n) is 2.31. The minimum absolute atomic E-state index is 0.159. The second-order valence-electron chi connectivity index (χ2n) is 5.00. The van der Waals surface area contributed by atoms with Crippen molar-refractivity contribution < 1.29 is 9.53 Å². The van der Waals surface area contributed by atoms with E-state index in [0.29, 0.717) is 3.92 Å². The lowest BCUT2D eigenvalue weighted by Crippen LogP contribution is -2.37. The molecule has 1 aliphatic rings. The fraction of sp³-hybridized carbons (Fsp3) is 0.909. The van der Waals surface area contributed by atoms with Crippen LogP contribution in [0.1, 0.15) is 40.0 Å². The molecule has 15 heavy (non-hydrogen) atoms. The van der Waals surface area contributed by atoms with Gasteiger partial charge in [0.05, 0.1) is 0 Å². The summed E-state index contributed by atoms with van der Waals surface area (Å²) in [7, 11) is 0. The summed E-state index contributed by atoms with van der Waals surface area (Å²) in [4.78, 5) is 13.6. The predicted octanol–water partition coefficient (Wildman–Crippen LogP) is 3.21. The molecule has 4 heteroatoms. The molecule has 0 bridgehead atoms. The largest absolute Gasteiger partial charge is 0.444 e. The van der Waals surface area contributed by atoms with Crippen LogP contribution in [0.25, 0.3) is 0 Å². The molecule has 0 N–H and O–H groups in total. The van der Waals surface area contributed by atoms with Gasteiger partial charge in [-0.05, 0) is 40.0 Å². The standard InChI is InChI=1S/C11H20INO2/c1-11(2,3)15-10(14)13-7-4-5-9(12)6-8-13/h9H,4-8H2,1-3H3/t9-/m1/s1. The van der Waals surface area contributed by atoms with E-state index in [1.54, 1.807) is 0 Å². The molecule has 1 atom stereocenters. The van der Waals surface area contributed by atoms with Crippen molar-refractivity contribution in [2.75, 3.05) is 13.1 Å². The average molecular weight is 325 g/mol. The topological polar surface area (TPSA) is 29.5 Å². The molecule has 3 nitrogen and oxygen atoms in total. The lowest BCUT2D eigenvalue weighted by molar-refractivity contribution is 0.0257. The number of alkyl halides is 1. The van der Waals surface area contributed by atoms with Crippen LogP contribution in [0, 0.1) is 0 Å². The Labute approximate surface area is 106 Å². The first kappa shape index (κ1) is 13.1. The quantitative estimate of drug-likeness (QED) is 0.506. The van der Waals surface area contributed by atoms with Crippen LogP contribution in [0.4, 0.5) is 4.79 Å². The Morgan fingerprint density at radius 1 is 1.33 bits per heavy atom. The number of likely N-dealkylation sites (tertiary alicyclic amines) is 1. The van der Waals surface area contributed by atoms with Gasteiger partial charge >= 0.3 is 6.09 Å². The fourth-order valence-corrected chi connectivity index (χ4v) is 2.28. The van der Waals surface area contributed by atoms with Gasteiger partial charge in [0.2, 0.25) is 0 Å². The maximum Gasteiger partial charge on any atom is 0.410 e. The fourth-order valence-electron chi connectivity index (χ4n) is 1.56. The Kier molecular flexibility index (Phi) is 4.67. The molecule has 1 aliphatic heterocycles. The summed E-state index contributed by atoms with van der Waals surface area (Å²) in [5, 5.41) is 0. The van der Waals surface area contributed by atoms with E-state index in [1.807, 2.05) is 25.7 Å². The number of nitrogens with zero attached hydrogens (tertiary/aromatic N) is 1. The van der Waals surface area contributed by atoms with E-state index in [0.717, 1.165) is 25.9 Å². The smallest absolute Gasteiger partial charge is 0.410 e. The van der Waals surface area contributed by atoms with Gasteiger partial charge in [0.1, 0.15) is 5.60 Å². The molecular weight excluding hydrogens is 305 g/mol. The highest BCUT2D eigenvalue weighted by molar-refractivity contribution is 14.1. The van der Waals surface area contributed by atoms with E-state index in [1.165, 1.54) is 6.42 Å². The van der Waals surface area contributed by atoms with E-state index in [4.69, 9.17) is 4.74 Å². The maximum atomic E-state index is 11.8. The lowest BCUT2D eigenvalue weighted by Gasteiger charge is -2.26. The molecule has 1 saturated heterocycles. The van der Waals surface area contributed by atoms with E-state index in [2.05, 4.69) is 22.6 Å². The van der Waals surface area contributed by atoms with E-state index < -0.39 is 0 Å². The van der Waals surface area contributed by atoms with Crippen LogP contribution in [0.3, 0.4) is 0 Å². The first-order valence-corrected chi connectivity index (χ1v) is 6.75. The summed E-state index contributed by atoms with van der Waals surface area (Å²) in [6.07, 6.45) is 3.22. The van der Waals surface area contributed by atoms with Gasteiger partial charge in [-0.15, -0.1) is 0 Å². The summed E-state index contributed by atoms with van der Waals surface area (Å²) in [5.74, 6) is 0. The third-order valence-corrected chi connectivity index (χ3v) is 3.55. The van der Waals surface area contributed by atoms with Crippen LogP contribution in [-0.4, -0.2) is 33.6 Å². The molecule has 1 amide bonds. The zero-order valence-electron chi connectivity index (χ0n) is 9.75. The first-order valence-electron chi connectivity index (χ1n) is 5.50. The SMILES string of the molecule is CC(C)(C)OC(=O)N1CCC[C@@H](I)CC1. The van der Waals surface area contributed by atoms with Crippen LogP contribution in [0.5, 0.6) is 0 Å². The highest BCUT2D eigenvalue weighted by atomic mass is 127. The van der Waals surface area contributed by atoms with Gasteiger partial charge in [-0.1, -0.05) is 22.6 Å². The molecule has 0 aromatic heterocycles. The molecule has 1 rings (SSSR count). The second-order valence-corrected chi connectivity index (χ2v) is 6.76. The van der Waals surface area contributed by atoms with E-state index in [9.17, 15) is 4.79 Å². The zero-order valence-corrected chi connectivity index (χ0v) is 11.9. The third kappa shape index (κ3) is 5.04. The molecular formula is C11H20INO2. The highest BCUT2D eigenvalue weighted by Crippen LogP contribution is 2.19. The van der Waals surface area contributed by atoms with Gasteiger partial charge in [-0.3, -0.25) is 0 Å². The second kappa shape index (κ2) is 5.37. The number of amides is 1. The normalized spacial score (nSPS) is 23.5. The number of carbonyl (C=O) groups excluding carboxylic acids is 1. The molecule has 88 valence electrons. The van der Waals surface area contributed by atoms with Crippen molar-refractivity contribution in [2.24, 2.45) is 0 Å². The van der Waals surface area contributed by atoms with Crippen LogP contribution in [0.2, 0.25) is 0 Å². The summed E-state index contributed by atoms with van der Waals surface area (Å²) >= 11 is 2.46. The summed E-state index contributed by atoms with van der Waals surface area (Å²) in [6.45, 7) is 7.40. The predicted molar refractivity (Wildman–Crippen MR) is 69.5 cm³/mol. The molecule has 0 unspecified atom stereocenters. The number of rotatable bonds is 0. The lowest BCUT2D eigenvalue weighted by atomic mass is 10.2. The van der Waals surface area contributed by atoms with Gasteiger partial charge < -0.3 is 9.64 Å². The van der Waals surface area contributed by atoms with E-state index in [-0.39, 0.29) is 11.7 Å². The number of hydrogen-bond donors (Lipinski definition) is 0. The number of carbonyl (C=O) groups is 1. The molecule has 1 heterocycles. The van der Waals surface area contributed by atoms with Gasteiger partial charge in [0.15, 0.2) is 0 Å². The highest BCUT2D eigenvalue weighted by Gasteiger charge is 2.24. The summed E-state index contributed by atoms with van der Waals surface area (Å²) in [5.41, 5.74) is -0.382. The Morgan fingerprint density at radius 3 is 2.60 bits per heavy atom. The van der Waals surface area contributed by atoms with Gasteiger partial charge in [0.25, 0.3) is 0 Å². The molecule has 1 fully saturated rings. The Hall–Kier alpha value is 0. The van der Waals surface area contributed by atoms with Crippen molar-refractivity contribution in [3.05, 3.63) is 0 Å². The van der Waals surface area contributed by atoms with Crippen LogP contribution < -0.4 is 0 Å². The van der Waals surface area contributed by atoms with Gasteiger partial charge in [-0.25, -0.2) is 4.79 Å². The first-order chi connectivity index (χ1) is 6.88. The number of ether oxygens (including phenoxy) is 1. The van der Waals surface area contributed by atoms with Crippen molar-refractivity contribution in [1.29, 1.82) is 0 Å². The van der Waals surface area contributed by atoms with Crippen molar-refractivity contribution in [3.63, 3.8) is 0 Å². The maximum absolute atomic E-state index is 11.8. The molecule has 0 radical (unpaired) electrons. The van der Waals surface area contributed by atoms with Crippen LogP contribution in [0.15, 0.2) is 0 Å². The molecule has 0 saturated carbocycles. The minimum atomic E-state index is -0.382. The average Bonchev–Trinajstić information content (AvgIpc) is 2.26. The number of halogens is 1. The van der Waals surface area contributed by atoms with Crippen molar-refractivity contribution in [1.82, 2.24) is 4.90 Å². The monoisotopic (exact) mass is 325 g/mol. The zero-order chi connectivity index (χ0) is 11.5. The van der Waals surface area contributed by atoms with Crippen LogP contribution >= 0.6 is 22.6 Å². The molecule has 0 aromatic rings.